The largest absolute Gasteiger partial charge is 0.310 e. The molecule has 0 aliphatic rings. The highest BCUT2D eigenvalue weighted by Gasteiger charge is 2.20. The SMILES string of the molecule is CC(C)n1nccc1NC(=O)[C@H](C)Sc1nnc(-c2ccncc2)n1C. The predicted molar refractivity (Wildman–Crippen MR) is 101 cm³/mol. The summed E-state index contributed by atoms with van der Waals surface area (Å²) in [4.78, 5) is 16.5. The molecule has 0 saturated carbocycles. The van der Waals surface area contributed by atoms with Gasteiger partial charge in [0.1, 0.15) is 5.82 Å². The third-order valence-corrected chi connectivity index (χ3v) is 4.97. The van der Waals surface area contributed by atoms with Crippen LogP contribution >= 0.6 is 11.8 Å². The molecule has 0 fully saturated rings. The number of hydrogen-bond acceptors (Lipinski definition) is 6. The number of nitrogens with zero attached hydrogens (tertiary/aromatic N) is 6. The Kier molecular flexibility index (Phi) is 5.36. The van der Waals surface area contributed by atoms with Crippen LogP contribution in [0.15, 0.2) is 41.9 Å². The molecule has 9 heteroatoms. The Morgan fingerprint density at radius 3 is 2.54 bits per heavy atom. The number of hydrogen-bond donors (Lipinski definition) is 1. The van der Waals surface area contributed by atoms with Gasteiger partial charge in [0.05, 0.1) is 11.4 Å². The lowest BCUT2D eigenvalue weighted by Crippen LogP contribution is -2.25. The van der Waals surface area contributed by atoms with E-state index in [9.17, 15) is 4.79 Å². The average molecular weight is 371 g/mol. The summed E-state index contributed by atoms with van der Waals surface area (Å²) in [6.45, 7) is 5.87. The van der Waals surface area contributed by atoms with Gasteiger partial charge in [-0.3, -0.25) is 9.78 Å². The van der Waals surface area contributed by atoms with Gasteiger partial charge in [0, 0.05) is 37.1 Å². The van der Waals surface area contributed by atoms with E-state index in [1.807, 2.05) is 44.5 Å². The Morgan fingerprint density at radius 1 is 1.12 bits per heavy atom. The first-order chi connectivity index (χ1) is 12.5. The number of nitrogens with one attached hydrogen (secondary N) is 1. The summed E-state index contributed by atoms with van der Waals surface area (Å²) in [6.07, 6.45) is 5.10. The molecule has 8 nitrogen and oxygen atoms in total. The minimum atomic E-state index is -0.335. The summed E-state index contributed by atoms with van der Waals surface area (Å²) in [5, 5.41) is 15.9. The number of amides is 1. The molecule has 0 unspecified atom stereocenters. The van der Waals surface area contributed by atoms with Crippen molar-refractivity contribution < 1.29 is 4.79 Å². The molecule has 26 heavy (non-hydrogen) atoms. The second-order valence-corrected chi connectivity index (χ2v) is 7.41. The Labute approximate surface area is 156 Å². The number of aromatic nitrogens is 6. The van der Waals surface area contributed by atoms with Crippen molar-refractivity contribution in [3.63, 3.8) is 0 Å². The molecule has 3 aromatic heterocycles. The molecule has 3 rings (SSSR count). The van der Waals surface area contributed by atoms with Gasteiger partial charge in [0.15, 0.2) is 11.0 Å². The molecule has 1 N–H and O–H groups in total. The lowest BCUT2D eigenvalue weighted by molar-refractivity contribution is -0.115. The van der Waals surface area contributed by atoms with Crippen LogP contribution in [0.4, 0.5) is 5.82 Å². The molecule has 3 aromatic rings. The van der Waals surface area contributed by atoms with Crippen LogP contribution in [0, 0.1) is 0 Å². The van der Waals surface area contributed by atoms with Crippen molar-refractivity contribution >= 4 is 23.5 Å². The fourth-order valence-electron chi connectivity index (χ4n) is 2.43. The first-order valence-electron chi connectivity index (χ1n) is 8.28. The maximum absolute atomic E-state index is 12.5. The summed E-state index contributed by atoms with van der Waals surface area (Å²) in [5.41, 5.74) is 0.930. The van der Waals surface area contributed by atoms with Crippen LogP contribution in [0.3, 0.4) is 0 Å². The normalized spacial score (nSPS) is 12.3. The third-order valence-electron chi connectivity index (χ3n) is 3.84. The van der Waals surface area contributed by atoms with E-state index in [2.05, 4.69) is 25.6 Å². The lowest BCUT2D eigenvalue weighted by atomic mass is 10.2. The minimum absolute atomic E-state index is 0.106. The molecule has 0 saturated heterocycles. The number of carbonyl (C=O) groups excluding carboxylic acids is 1. The van der Waals surface area contributed by atoms with Crippen LogP contribution in [-0.2, 0) is 11.8 Å². The molecule has 1 amide bonds. The van der Waals surface area contributed by atoms with Crippen molar-refractivity contribution in [2.24, 2.45) is 7.05 Å². The molecule has 0 aromatic carbocycles. The van der Waals surface area contributed by atoms with Crippen molar-refractivity contribution in [2.75, 3.05) is 5.32 Å². The zero-order valence-corrected chi connectivity index (χ0v) is 15.9. The van der Waals surface area contributed by atoms with Gasteiger partial charge in [0.25, 0.3) is 0 Å². The number of pyridine rings is 1. The Hall–Kier alpha value is -2.68. The topological polar surface area (TPSA) is 90.5 Å². The molecule has 3 heterocycles. The van der Waals surface area contributed by atoms with E-state index in [1.54, 1.807) is 29.3 Å². The van der Waals surface area contributed by atoms with Crippen molar-refractivity contribution in [3.05, 3.63) is 36.8 Å². The van der Waals surface area contributed by atoms with Gasteiger partial charge in [-0.2, -0.15) is 5.10 Å². The number of rotatable bonds is 6. The van der Waals surface area contributed by atoms with Gasteiger partial charge in [-0.1, -0.05) is 11.8 Å². The Bertz CT molecular complexity index is 888. The van der Waals surface area contributed by atoms with Gasteiger partial charge < -0.3 is 9.88 Å². The van der Waals surface area contributed by atoms with Crippen LogP contribution in [0.25, 0.3) is 11.4 Å². The first-order valence-corrected chi connectivity index (χ1v) is 9.16. The fourth-order valence-corrected chi connectivity index (χ4v) is 3.25. The molecule has 0 spiro atoms. The molecule has 0 aliphatic carbocycles. The van der Waals surface area contributed by atoms with Crippen LogP contribution in [0.1, 0.15) is 26.8 Å². The summed E-state index contributed by atoms with van der Waals surface area (Å²) in [7, 11) is 1.89. The van der Waals surface area contributed by atoms with Gasteiger partial charge >= 0.3 is 0 Å². The number of carbonyl (C=O) groups is 1. The third kappa shape index (κ3) is 3.77. The lowest BCUT2D eigenvalue weighted by Gasteiger charge is -2.14. The Morgan fingerprint density at radius 2 is 1.85 bits per heavy atom. The van der Waals surface area contributed by atoms with Crippen molar-refractivity contribution in [1.29, 1.82) is 0 Å². The van der Waals surface area contributed by atoms with E-state index in [4.69, 9.17) is 0 Å². The zero-order chi connectivity index (χ0) is 18.7. The second kappa shape index (κ2) is 7.69. The average Bonchev–Trinajstić information content (AvgIpc) is 3.23. The number of anilines is 1. The zero-order valence-electron chi connectivity index (χ0n) is 15.1. The minimum Gasteiger partial charge on any atom is -0.310 e. The molecule has 136 valence electrons. The molecule has 0 bridgehead atoms. The molecule has 0 radical (unpaired) electrons. The summed E-state index contributed by atoms with van der Waals surface area (Å²) >= 11 is 1.36. The van der Waals surface area contributed by atoms with Crippen molar-refractivity contribution in [3.8, 4) is 11.4 Å². The van der Waals surface area contributed by atoms with E-state index in [0.717, 1.165) is 11.4 Å². The van der Waals surface area contributed by atoms with Crippen LogP contribution < -0.4 is 5.32 Å². The maximum atomic E-state index is 12.5. The summed E-state index contributed by atoms with van der Waals surface area (Å²) < 4.78 is 3.65. The van der Waals surface area contributed by atoms with Gasteiger partial charge in [-0.25, -0.2) is 4.68 Å². The molecular weight excluding hydrogens is 350 g/mol. The molecule has 1 atom stereocenters. The number of thioether (sulfide) groups is 1. The summed E-state index contributed by atoms with van der Waals surface area (Å²) in [5.74, 6) is 1.32. The van der Waals surface area contributed by atoms with Crippen LogP contribution in [-0.4, -0.2) is 40.7 Å². The van der Waals surface area contributed by atoms with Gasteiger partial charge in [0.2, 0.25) is 5.91 Å². The van der Waals surface area contributed by atoms with E-state index < -0.39 is 0 Å². The van der Waals surface area contributed by atoms with E-state index >= 15 is 0 Å². The van der Waals surface area contributed by atoms with Crippen molar-refractivity contribution in [1.82, 2.24) is 29.5 Å². The first kappa shape index (κ1) is 18.1. The highest BCUT2D eigenvalue weighted by atomic mass is 32.2. The van der Waals surface area contributed by atoms with E-state index in [0.29, 0.717) is 11.0 Å². The van der Waals surface area contributed by atoms with E-state index in [-0.39, 0.29) is 17.2 Å². The molecular formula is C17H21N7OS. The fraction of sp³-hybridized carbons (Fsp3) is 0.353. The van der Waals surface area contributed by atoms with Crippen LogP contribution in [0.2, 0.25) is 0 Å². The standard InChI is InChI=1S/C17H21N7OS/c1-11(2)24-14(7-10-19-24)20-16(25)12(3)26-17-22-21-15(23(17)4)13-5-8-18-9-6-13/h5-12H,1-4H3,(H,20,25)/t12-/m0/s1. The highest BCUT2D eigenvalue weighted by Crippen LogP contribution is 2.26. The van der Waals surface area contributed by atoms with Crippen molar-refractivity contribution in [2.45, 2.75) is 37.2 Å². The predicted octanol–water partition coefficient (Wildman–Crippen LogP) is 2.77. The highest BCUT2D eigenvalue weighted by molar-refractivity contribution is 8.00. The maximum Gasteiger partial charge on any atom is 0.238 e. The van der Waals surface area contributed by atoms with Gasteiger partial charge in [-0.05, 0) is 32.9 Å². The molecule has 0 aliphatic heterocycles. The monoisotopic (exact) mass is 371 g/mol. The van der Waals surface area contributed by atoms with Gasteiger partial charge in [-0.15, -0.1) is 10.2 Å². The summed E-state index contributed by atoms with van der Waals surface area (Å²) in [6, 6.07) is 5.72. The smallest absolute Gasteiger partial charge is 0.238 e. The van der Waals surface area contributed by atoms with Crippen LogP contribution in [0.5, 0.6) is 0 Å². The Balaban J connectivity index is 1.70. The quantitative estimate of drug-likeness (QED) is 0.670. The second-order valence-electron chi connectivity index (χ2n) is 6.11. The van der Waals surface area contributed by atoms with E-state index in [1.165, 1.54) is 11.8 Å².